The van der Waals surface area contributed by atoms with Crippen LogP contribution in [0.25, 0.3) is 22.9 Å². The monoisotopic (exact) mass is 406 g/mol. The lowest BCUT2D eigenvalue weighted by molar-refractivity contribution is 0.452. The third kappa shape index (κ3) is 4.57. The predicted octanol–water partition coefficient (Wildman–Crippen LogP) is 4.62. The molecule has 6 heteroatoms. The van der Waals surface area contributed by atoms with E-state index in [0.29, 0.717) is 28.4 Å². The Morgan fingerprint density at radius 3 is 2.65 bits per heavy atom. The maximum Gasteiger partial charge on any atom is 0.258 e. The molecule has 2 aromatic carbocycles. The van der Waals surface area contributed by atoms with Crippen molar-refractivity contribution in [3.8, 4) is 11.9 Å². The molecule has 2 heterocycles. The van der Waals surface area contributed by atoms with Gasteiger partial charge in [0.2, 0.25) is 5.88 Å². The molecular weight excluding hydrogens is 388 g/mol. The van der Waals surface area contributed by atoms with Crippen LogP contribution in [0.4, 0.5) is 5.69 Å². The SMILES string of the molecule is N#CCc1ccc(N=Cc2c(O)[nH]c(=O)c3ccc(/C=C/c4ccccn4)cc23)cc1. The molecule has 4 rings (SSSR count). The average Bonchev–Trinajstić information content (AvgIpc) is 2.79. The Balaban J connectivity index is 1.72. The van der Waals surface area contributed by atoms with E-state index in [2.05, 4.69) is 21.0 Å². The number of hydrogen-bond donors (Lipinski definition) is 2. The van der Waals surface area contributed by atoms with Crippen LogP contribution in [-0.4, -0.2) is 21.3 Å². The molecular formula is C25H18N4O2. The Labute approximate surface area is 178 Å². The summed E-state index contributed by atoms with van der Waals surface area (Å²) in [6, 6.07) is 20.4. The van der Waals surface area contributed by atoms with Gasteiger partial charge >= 0.3 is 0 Å². The number of fused-ring (bicyclic) bond motifs is 1. The summed E-state index contributed by atoms with van der Waals surface area (Å²) in [4.78, 5) is 23.5. The highest BCUT2D eigenvalue weighted by molar-refractivity contribution is 6.02. The van der Waals surface area contributed by atoms with Crippen molar-refractivity contribution >= 4 is 34.8 Å². The van der Waals surface area contributed by atoms with Gasteiger partial charge in [-0.25, -0.2) is 0 Å². The smallest absolute Gasteiger partial charge is 0.258 e. The van der Waals surface area contributed by atoms with Gasteiger partial charge < -0.3 is 5.11 Å². The zero-order chi connectivity index (χ0) is 21.6. The van der Waals surface area contributed by atoms with Crippen LogP contribution in [0.2, 0.25) is 0 Å². The van der Waals surface area contributed by atoms with Crippen LogP contribution in [0.1, 0.15) is 22.4 Å². The van der Waals surface area contributed by atoms with Gasteiger partial charge in [0, 0.05) is 23.2 Å². The van der Waals surface area contributed by atoms with Gasteiger partial charge in [0.05, 0.1) is 29.4 Å². The van der Waals surface area contributed by atoms with Crippen LogP contribution in [0.15, 0.2) is 76.6 Å². The molecule has 4 aromatic rings. The van der Waals surface area contributed by atoms with E-state index in [0.717, 1.165) is 16.8 Å². The van der Waals surface area contributed by atoms with Gasteiger partial charge in [0.15, 0.2) is 0 Å². The van der Waals surface area contributed by atoms with E-state index in [1.807, 2.05) is 54.6 Å². The molecule has 0 aliphatic carbocycles. The summed E-state index contributed by atoms with van der Waals surface area (Å²) < 4.78 is 0. The van der Waals surface area contributed by atoms with Crippen molar-refractivity contribution < 1.29 is 5.11 Å². The third-order valence-corrected chi connectivity index (χ3v) is 4.76. The minimum Gasteiger partial charge on any atom is -0.494 e. The minimum atomic E-state index is -0.370. The Morgan fingerprint density at radius 1 is 1.06 bits per heavy atom. The van der Waals surface area contributed by atoms with Crippen LogP contribution in [-0.2, 0) is 6.42 Å². The largest absolute Gasteiger partial charge is 0.494 e. The van der Waals surface area contributed by atoms with Crippen molar-refractivity contribution in [3.63, 3.8) is 0 Å². The van der Waals surface area contributed by atoms with E-state index in [4.69, 9.17) is 5.26 Å². The van der Waals surface area contributed by atoms with Crippen molar-refractivity contribution in [3.05, 3.63) is 99.6 Å². The fourth-order valence-electron chi connectivity index (χ4n) is 3.17. The van der Waals surface area contributed by atoms with Gasteiger partial charge in [-0.15, -0.1) is 0 Å². The number of aromatic hydroxyl groups is 1. The third-order valence-electron chi connectivity index (χ3n) is 4.76. The van der Waals surface area contributed by atoms with Crippen molar-refractivity contribution in [1.82, 2.24) is 9.97 Å². The number of H-pyrrole nitrogens is 1. The first kappa shape index (κ1) is 19.8. The number of nitrogens with one attached hydrogen (secondary N) is 1. The van der Waals surface area contributed by atoms with Gasteiger partial charge in [-0.2, -0.15) is 5.26 Å². The molecule has 0 fully saturated rings. The van der Waals surface area contributed by atoms with E-state index in [9.17, 15) is 9.90 Å². The molecule has 150 valence electrons. The predicted molar refractivity (Wildman–Crippen MR) is 122 cm³/mol. The maximum atomic E-state index is 12.3. The van der Waals surface area contributed by atoms with E-state index >= 15 is 0 Å². The highest BCUT2D eigenvalue weighted by Crippen LogP contribution is 2.24. The fraction of sp³-hybridized carbons (Fsp3) is 0.0400. The quantitative estimate of drug-likeness (QED) is 0.472. The second-order valence-electron chi connectivity index (χ2n) is 6.87. The number of aliphatic imine (C=N–C) groups is 1. The maximum absolute atomic E-state index is 12.3. The molecule has 0 saturated heterocycles. The second kappa shape index (κ2) is 8.89. The zero-order valence-corrected chi connectivity index (χ0v) is 16.5. The van der Waals surface area contributed by atoms with Crippen LogP contribution < -0.4 is 5.56 Å². The van der Waals surface area contributed by atoms with Gasteiger partial charge in [0.25, 0.3) is 5.56 Å². The minimum absolute atomic E-state index is 0.242. The number of pyridine rings is 2. The first-order valence-electron chi connectivity index (χ1n) is 9.62. The van der Waals surface area contributed by atoms with Crippen molar-refractivity contribution in [2.75, 3.05) is 0 Å². The zero-order valence-electron chi connectivity index (χ0n) is 16.5. The number of aromatic amines is 1. The normalized spacial score (nSPS) is 11.3. The summed E-state index contributed by atoms with van der Waals surface area (Å²) in [6.45, 7) is 0. The molecule has 0 radical (unpaired) electrons. The topological polar surface area (TPSA) is 102 Å². The Bertz CT molecular complexity index is 1380. The Kier molecular flexibility index (Phi) is 5.68. The first-order valence-corrected chi connectivity index (χ1v) is 9.62. The number of nitrogens with zero attached hydrogens (tertiary/aromatic N) is 3. The van der Waals surface area contributed by atoms with E-state index in [1.165, 1.54) is 6.21 Å². The summed E-state index contributed by atoms with van der Waals surface area (Å²) in [6.07, 6.45) is 7.36. The van der Waals surface area contributed by atoms with Crippen LogP contribution in [0.3, 0.4) is 0 Å². The number of hydrogen-bond acceptors (Lipinski definition) is 5. The summed E-state index contributed by atoms with van der Waals surface area (Å²) in [5.74, 6) is -0.242. The molecule has 0 atom stereocenters. The molecule has 0 amide bonds. The number of rotatable bonds is 5. The fourth-order valence-corrected chi connectivity index (χ4v) is 3.17. The standard InChI is InChI=1S/C25H18N4O2/c26-13-12-17-4-8-20(9-5-17)28-16-23-22-15-18(6-10-19-3-1-2-14-27-19)7-11-21(22)24(30)29-25(23)31/h1-11,14-16H,12H2,(H2,29,30,31)/b10-6+,28-16?. The summed E-state index contributed by atoms with van der Waals surface area (Å²) >= 11 is 0. The van der Waals surface area contributed by atoms with Gasteiger partial charge in [-0.3, -0.25) is 19.8 Å². The van der Waals surface area contributed by atoms with Gasteiger partial charge in [-0.1, -0.05) is 30.3 Å². The molecule has 0 aliphatic rings. The van der Waals surface area contributed by atoms with Crippen molar-refractivity contribution in [2.45, 2.75) is 6.42 Å². The van der Waals surface area contributed by atoms with Crippen LogP contribution >= 0.6 is 0 Å². The van der Waals surface area contributed by atoms with Crippen molar-refractivity contribution in [1.29, 1.82) is 5.26 Å². The Morgan fingerprint density at radius 2 is 1.90 bits per heavy atom. The second-order valence-corrected chi connectivity index (χ2v) is 6.87. The first-order chi connectivity index (χ1) is 15.1. The van der Waals surface area contributed by atoms with Gasteiger partial charge in [0.1, 0.15) is 0 Å². The lowest BCUT2D eigenvalue weighted by Crippen LogP contribution is -2.08. The highest BCUT2D eigenvalue weighted by Gasteiger charge is 2.10. The lowest BCUT2D eigenvalue weighted by atomic mass is 10.0. The van der Waals surface area contributed by atoms with Crippen LogP contribution in [0, 0.1) is 11.3 Å². The number of aromatic nitrogens is 2. The van der Waals surface area contributed by atoms with E-state index in [1.54, 1.807) is 24.4 Å². The average molecular weight is 406 g/mol. The van der Waals surface area contributed by atoms with Gasteiger partial charge in [-0.05, 0) is 53.6 Å². The summed E-state index contributed by atoms with van der Waals surface area (Å²) in [7, 11) is 0. The Hall–Kier alpha value is -4.50. The molecule has 0 saturated carbocycles. The molecule has 0 bridgehead atoms. The lowest BCUT2D eigenvalue weighted by Gasteiger charge is -2.06. The molecule has 0 unspecified atom stereocenters. The summed E-state index contributed by atoms with van der Waals surface area (Å²) in [5.41, 5.74) is 3.31. The highest BCUT2D eigenvalue weighted by atomic mass is 16.3. The molecule has 0 spiro atoms. The van der Waals surface area contributed by atoms with Crippen LogP contribution in [0.5, 0.6) is 5.88 Å². The number of benzene rings is 2. The molecule has 2 aromatic heterocycles. The molecule has 0 aliphatic heterocycles. The number of nitriles is 1. The molecule has 6 nitrogen and oxygen atoms in total. The van der Waals surface area contributed by atoms with Crippen molar-refractivity contribution in [2.24, 2.45) is 4.99 Å². The summed E-state index contributed by atoms with van der Waals surface area (Å²) in [5, 5.41) is 20.2. The molecule has 31 heavy (non-hydrogen) atoms. The van der Waals surface area contributed by atoms with E-state index in [-0.39, 0.29) is 11.4 Å². The molecule has 2 N–H and O–H groups in total. The van der Waals surface area contributed by atoms with E-state index < -0.39 is 0 Å².